The second kappa shape index (κ2) is 5.21. The Balaban J connectivity index is 1.89. The molecule has 0 aromatic heterocycles. The average molecular weight is 233 g/mol. The zero-order chi connectivity index (χ0) is 12.3. The molecule has 1 saturated heterocycles. The number of carbonyl (C=O) groups excluding carboxylic acids is 1. The molecule has 1 aromatic carbocycles. The smallest absolute Gasteiger partial charge is 0.410 e. The molecule has 3 heteroatoms. The average Bonchev–Trinajstić information content (AvgIpc) is 2.67. The van der Waals surface area contributed by atoms with Crippen molar-refractivity contribution in [2.45, 2.75) is 45.4 Å². The molecule has 0 unspecified atom stereocenters. The van der Waals surface area contributed by atoms with Crippen molar-refractivity contribution < 1.29 is 9.53 Å². The zero-order valence-corrected chi connectivity index (χ0v) is 10.4. The summed E-state index contributed by atoms with van der Waals surface area (Å²) in [5.41, 5.74) is 1.03. The van der Waals surface area contributed by atoms with Gasteiger partial charge in [0.1, 0.15) is 6.61 Å². The van der Waals surface area contributed by atoms with Crippen molar-refractivity contribution in [2.75, 3.05) is 0 Å². The van der Waals surface area contributed by atoms with E-state index < -0.39 is 0 Å². The predicted octanol–water partition coefficient (Wildman–Crippen LogP) is 3.20. The second-order valence-corrected chi connectivity index (χ2v) is 4.72. The summed E-state index contributed by atoms with van der Waals surface area (Å²) in [5.74, 6) is 0. The monoisotopic (exact) mass is 233 g/mol. The fourth-order valence-electron chi connectivity index (χ4n) is 2.35. The molecule has 92 valence electrons. The zero-order valence-electron chi connectivity index (χ0n) is 10.4. The first-order valence-corrected chi connectivity index (χ1v) is 6.17. The summed E-state index contributed by atoms with van der Waals surface area (Å²) in [5, 5.41) is 0. The fourth-order valence-corrected chi connectivity index (χ4v) is 2.35. The van der Waals surface area contributed by atoms with Gasteiger partial charge in [0, 0.05) is 12.1 Å². The lowest BCUT2D eigenvalue weighted by Crippen LogP contribution is -2.38. The maximum absolute atomic E-state index is 11.9. The molecule has 1 fully saturated rings. The number of amides is 1. The highest BCUT2D eigenvalue weighted by molar-refractivity contribution is 5.68. The van der Waals surface area contributed by atoms with E-state index in [4.69, 9.17) is 4.74 Å². The van der Waals surface area contributed by atoms with Crippen LogP contribution in [0.25, 0.3) is 0 Å². The molecular formula is C14H19NO2. The van der Waals surface area contributed by atoms with Crippen molar-refractivity contribution in [3.63, 3.8) is 0 Å². The van der Waals surface area contributed by atoms with Crippen LogP contribution in [0.3, 0.4) is 0 Å². The van der Waals surface area contributed by atoms with Crippen LogP contribution in [0.15, 0.2) is 30.3 Å². The third-order valence-electron chi connectivity index (χ3n) is 3.37. The van der Waals surface area contributed by atoms with E-state index >= 15 is 0 Å². The van der Waals surface area contributed by atoms with Gasteiger partial charge in [-0.3, -0.25) is 0 Å². The lowest BCUT2D eigenvalue weighted by molar-refractivity contribution is 0.0833. The van der Waals surface area contributed by atoms with Crippen LogP contribution in [0.5, 0.6) is 0 Å². The highest BCUT2D eigenvalue weighted by Crippen LogP contribution is 2.24. The van der Waals surface area contributed by atoms with Crippen molar-refractivity contribution in [1.82, 2.24) is 4.90 Å². The van der Waals surface area contributed by atoms with E-state index in [1.54, 1.807) is 0 Å². The second-order valence-electron chi connectivity index (χ2n) is 4.72. The summed E-state index contributed by atoms with van der Waals surface area (Å²) in [6.45, 7) is 4.51. The number of likely N-dealkylation sites (tertiary alicyclic amines) is 1. The van der Waals surface area contributed by atoms with Gasteiger partial charge >= 0.3 is 6.09 Å². The molecule has 1 amide bonds. The first-order chi connectivity index (χ1) is 8.18. The maximum Gasteiger partial charge on any atom is 0.410 e. The Morgan fingerprint density at radius 2 is 1.82 bits per heavy atom. The van der Waals surface area contributed by atoms with Crippen molar-refractivity contribution in [3.8, 4) is 0 Å². The molecule has 0 saturated carbocycles. The van der Waals surface area contributed by atoms with E-state index in [0.717, 1.165) is 18.4 Å². The summed E-state index contributed by atoms with van der Waals surface area (Å²) in [6.07, 6.45) is 1.95. The van der Waals surface area contributed by atoms with E-state index in [2.05, 4.69) is 13.8 Å². The quantitative estimate of drug-likeness (QED) is 0.785. The molecule has 2 atom stereocenters. The summed E-state index contributed by atoms with van der Waals surface area (Å²) in [4.78, 5) is 13.8. The van der Waals surface area contributed by atoms with Crippen LogP contribution in [-0.2, 0) is 11.3 Å². The van der Waals surface area contributed by atoms with Gasteiger partial charge < -0.3 is 9.64 Å². The van der Waals surface area contributed by atoms with Gasteiger partial charge in [0.25, 0.3) is 0 Å². The third kappa shape index (κ3) is 2.78. The molecule has 0 bridgehead atoms. The Morgan fingerprint density at radius 3 is 2.41 bits per heavy atom. The normalized spacial score (nSPS) is 23.8. The Bertz CT molecular complexity index is 367. The topological polar surface area (TPSA) is 29.5 Å². The Hall–Kier alpha value is -1.51. The molecule has 17 heavy (non-hydrogen) atoms. The van der Waals surface area contributed by atoms with E-state index in [9.17, 15) is 4.79 Å². The number of hydrogen-bond acceptors (Lipinski definition) is 2. The molecular weight excluding hydrogens is 214 g/mol. The summed E-state index contributed by atoms with van der Waals surface area (Å²) in [7, 11) is 0. The van der Waals surface area contributed by atoms with Crippen molar-refractivity contribution >= 4 is 6.09 Å². The Kier molecular flexibility index (Phi) is 3.67. The fraction of sp³-hybridized carbons (Fsp3) is 0.500. The number of hydrogen-bond donors (Lipinski definition) is 0. The van der Waals surface area contributed by atoms with Gasteiger partial charge in [-0.15, -0.1) is 0 Å². The predicted molar refractivity (Wildman–Crippen MR) is 66.6 cm³/mol. The van der Waals surface area contributed by atoms with Crippen LogP contribution in [0.2, 0.25) is 0 Å². The SMILES string of the molecule is C[C@H]1CC[C@H](C)N1C(=O)OCc1ccccc1. The molecule has 1 heterocycles. The van der Waals surface area contributed by atoms with Crippen molar-refractivity contribution in [1.29, 1.82) is 0 Å². The largest absolute Gasteiger partial charge is 0.445 e. The van der Waals surface area contributed by atoms with E-state index in [1.165, 1.54) is 0 Å². The number of rotatable bonds is 2. The summed E-state index contributed by atoms with van der Waals surface area (Å²) < 4.78 is 5.34. The number of ether oxygens (including phenoxy) is 1. The van der Waals surface area contributed by atoms with Crippen LogP contribution in [0, 0.1) is 0 Å². The summed E-state index contributed by atoms with van der Waals surface area (Å²) in [6, 6.07) is 10.4. The number of benzene rings is 1. The lowest BCUT2D eigenvalue weighted by atomic mass is 10.2. The van der Waals surface area contributed by atoms with E-state index in [1.807, 2.05) is 35.2 Å². The van der Waals surface area contributed by atoms with Crippen molar-refractivity contribution in [2.24, 2.45) is 0 Å². The van der Waals surface area contributed by atoms with Gasteiger partial charge in [-0.2, -0.15) is 0 Å². The van der Waals surface area contributed by atoms with Gasteiger partial charge in [0.05, 0.1) is 0 Å². The minimum Gasteiger partial charge on any atom is -0.445 e. The van der Waals surface area contributed by atoms with Crippen LogP contribution < -0.4 is 0 Å². The van der Waals surface area contributed by atoms with E-state index in [0.29, 0.717) is 18.7 Å². The minimum absolute atomic E-state index is 0.189. The van der Waals surface area contributed by atoms with Crippen LogP contribution in [0.4, 0.5) is 4.79 Å². The molecule has 2 rings (SSSR count). The Labute approximate surface area is 102 Å². The van der Waals surface area contributed by atoms with Gasteiger partial charge in [0.2, 0.25) is 0 Å². The van der Waals surface area contributed by atoms with Gasteiger partial charge in [-0.1, -0.05) is 30.3 Å². The Morgan fingerprint density at radius 1 is 1.24 bits per heavy atom. The minimum atomic E-state index is -0.189. The van der Waals surface area contributed by atoms with Crippen LogP contribution >= 0.6 is 0 Å². The first kappa shape index (κ1) is 12.0. The van der Waals surface area contributed by atoms with Gasteiger partial charge in [0.15, 0.2) is 0 Å². The highest BCUT2D eigenvalue weighted by atomic mass is 16.6. The molecule has 1 aromatic rings. The van der Waals surface area contributed by atoms with Crippen LogP contribution in [-0.4, -0.2) is 23.1 Å². The molecule has 0 spiro atoms. The number of carbonyl (C=O) groups is 1. The van der Waals surface area contributed by atoms with Crippen molar-refractivity contribution in [3.05, 3.63) is 35.9 Å². The molecule has 0 N–H and O–H groups in total. The van der Waals surface area contributed by atoms with E-state index in [-0.39, 0.29) is 6.09 Å². The molecule has 0 radical (unpaired) electrons. The van der Waals surface area contributed by atoms with Gasteiger partial charge in [-0.05, 0) is 32.3 Å². The van der Waals surface area contributed by atoms with Crippen LogP contribution in [0.1, 0.15) is 32.3 Å². The lowest BCUT2D eigenvalue weighted by Gasteiger charge is -2.25. The highest BCUT2D eigenvalue weighted by Gasteiger charge is 2.32. The third-order valence-corrected chi connectivity index (χ3v) is 3.37. The molecule has 1 aliphatic rings. The molecule has 1 aliphatic heterocycles. The molecule has 0 aliphatic carbocycles. The maximum atomic E-state index is 11.9. The summed E-state index contributed by atoms with van der Waals surface area (Å²) >= 11 is 0. The number of nitrogens with zero attached hydrogens (tertiary/aromatic N) is 1. The molecule has 3 nitrogen and oxygen atoms in total. The first-order valence-electron chi connectivity index (χ1n) is 6.17. The van der Waals surface area contributed by atoms with Gasteiger partial charge in [-0.25, -0.2) is 4.79 Å². The standard InChI is InChI=1S/C14H19NO2/c1-11-8-9-12(2)15(11)14(16)17-10-13-6-4-3-5-7-13/h3-7,11-12H,8-10H2,1-2H3/t11-,12-/m0/s1.